The maximum Gasteiger partial charge on any atom is 0.221 e. The van der Waals surface area contributed by atoms with Gasteiger partial charge in [-0.2, -0.15) is 5.10 Å². The minimum Gasteiger partial charge on any atom is -0.352 e. The molecule has 6 heteroatoms. The van der Waals surface area contributed by atoms with E-state index in [1.165, 1.54) is 0 Å². The van der Waals surface area contributed by atoms with E-state index in [-0.39, 0.29) is 5.91 Å². The first-order valence-corrected chi connectivity index (χ1v) is 7.23. The van der Waals surface area contributed by atoms with Gasteiger partial charge in [0.05, 0.1) is 6.20 Å². The lowest BCUT2D eigenvalue weighted by atomic mass is 10.3. The first-order valence-electron chi connectivity index (χ1n) is 5.87. The first-order chi connectivity index (χ1) is 9.24. The Morgan fingerprint density at radius 2 is 2.16 bits per heavy atom. The Kier molecular flexibility index (Phi) is 5.30. The fourth-order valence-corrected chi connectivity index (χ4v) is 2.43. The van der Waals surface area contributed by atoms with Gasteiger partial charge in [0, 0.05) is 40.4 Å². The van der Waals surface area contributed by atoms with Gasteiger partial charge in [0.1, 0.15) is 0 Å². The summed E-state index contributed by atoms with van der Waals surface area (Å²) in [6.07, 6.45) is 3.95. The molecule has 0 fully saturated rings. The number of carbonyl (C=O) groups is 1. The van der Waals surface area contributed by atoms with Crippen LogP contribution >= 0.6 is 23.4 Å². The van der Waals surface area contributed by atoms with Crippen molar-refractivity contribution in [2.75, 3.05) is 5.75 Å². The number of amides is 1. The summed E-state index contributed by atoms with van der Waals surface area (Å²) in [6, 6.07) is 7.61. The molecule has 19 heavy (non-hydrogen) atoms. The molecule has 0 spiro atoms. The Labute approximate surface area is 120 Å². The molecular formula is C13H14ClN3OS. The third-order valence-electron chi connectivity index (χ3n) is 2.46. The van der Waals surface area contributed by atoms with Crippen molar-refractivity contribution in [1.82, 2.24) is 15.5 Å². The molecular weight excluding hydrogens is 282 g/mol. The lowest BCUT2D eigenvalue weighted by Crippen LogP contribution is -2.22. The van der Waals surface area contributed by atoms with Gasteiger partial charge < -0.3 is 5.32 Å². The molecule has 1 heterocycles. The lowest BCUT2D eigenvalue weighted by molar-refractivity contribution is -0.120. The molecule has 1 aromatic heterocycles. The Morgan fingerprint density at radius 1 is 1.37 bits per heavy atom. The van der Waals surface area contributed by atoms with Crippen LogP contribution in [0.25, 0.3) is 0 Å². The fourth-order valence-electron chi connectivity index (χ4n) is 1.46. The summed E-state index contributed by atoms with van der Waals surface area (Å²) in [6.45, 7) is 0.515. The lowest BCUT2D eigenvalue weighted by Gasteiger charge is -2.04. The van der Waals surface area contributed by atoms with Gasteiger partial charge in [-0.1, -0.05) is 11.6 Å². The van der Waals surface area contributed by atoms with Crippen LogP contribution in [0.4, 0.5) is 0 Å². The highest BCUT2D eigenvalue weighted by atomic mass is 35.5. The van der Waals surface area contributed by atoms with E-state index in [9.17, 15) is 4.79 Å². The molecule has 0 aliphatic rings. The standard InChI is InChI=1S/C13H14ClN3OS/c14-11-1-3-12(4-2-11)19-6-5-13(18)15-7-10-8-16-17-9-10/h1-4,8-9H,5-7H2,(H,15,18)(H,16,17). The van der Waals surface area contributed by atoms with Gasteiger partial charge in [0.15, 0.2) is 0 Å². The van der Waals surface area contributed by atoms with Crippen molar-refractivity contribution in [3.63, 3.8) is 0 Å². The molecule has 4 nitrogen and oxygen atoms in total. The molecule has 2 aromatic rings. The molecule has 0 bridgehead atoms. The number of aromatic nitrogens is 2. The summed E-state index contributed by atoms with van der Waals surface area (Å²) < 4.78 is 0. The number of hydrogen-bond acceptors (Lipinski definition) is 3. The maximum absolute atomic E-state index is 11.6. The smallest absolute Gasteiger partial charge is 0.221 e. The number of carbonyl (C=O) groups excluding carboxylic acids is 1. The van der Waals surface area contributed by atoms with Gasteiger partial charge in [0.2, 0.25) is 5.91 Å². The van der Waals surface area contributed by atoms with E-state index in [0.29, 0.717) is 13.0 Å². The van der Waals surface area contributed by atoms with Crippen molar-refractivity contribution in [2.24, 2.45) is 0 Å². The second-order valence-electron chi connectivity index (χ2n) is 3.94. The molecule has 2 rings (SSSR count). The minimum atomic E-state index is 0.0441. The Bertz CT molecular complexity index is 513. The molecule has 2 N–H and O–H groups in total. The van der Waals surface area contributed by atoms with Crippen molar-refractivity contribution in [3.05, 3.63) is 47.2 Å². The van der Waals surface area contributed by atoms with Crippen molar-refractivity contribution >= 4 is 29.3 Å². The third-order valence-corrected chi connectivity index (χ3v) is 3.72. The number of aromatic amines is 1. The van der Waals surface area contributed by atoms with E-state index in [4.69, 9.17) is 11.6 Å². The Balaban J connectivity index is 1.65. The SMILES string of the molecule is O=C(CCSc1ccc(Cl)cc1)NCc1cn[nH]c1. The molecule has 0 saturated carbocycles. The molecule has 1 aromatic carbocycles. The van der Waals surface area contributed by atoms with Crippen LogP contribution in [0.15, 0.2) is 41.6 Å². The highest BCUT2D eigenvalue weighted by Gasteiger charge is 2.02. The predicted molar refractivity (Wildman–Crippen MR) is 77.2 cm³/mol. The summed E-state index contributed by atoms with van der Waals surface area (Å²) in [4.78, 5) is 12.7. The van der Waals surface area contributed by atoms with Crippen LogP contribution in [0, 0.1) is 0 Å². The van der Waals surface area contributed by atoms with E-state index in [2.05, 4.69) is 15.5 Å². The number of nitrogens with one attached hydrogen (secondary N) is 2. The number of H-pyrrole nitrogens is 1. The Morgan fingerprint density at radius 3 is 2.84 bits per heavy atom. The average molecular weight is 296 g/mol. The molecule has 1 amide bonds. The van der Waals surface area contributed by atoms with Gasteiger partial charge in [-0.25, -0.2) is 0 Å². The van der Waals surface area contributed by atoms with E-state index in [1.807, 2.05) is 24.3 Å². The second-order valence-corrected chi connectivity index (χ2v) is 5.54. The summed E-state index contributed by atoms with van der Waals surface area (Å²) in [5.74, 6) is 0.793. The molecule has 0 atom stereocenters. The van der Waals surface area contributed by atoms with Gasteiger partial charge in [-0.05, 0) is 24.3 Å². The normalized spacial score (nSPS) is 10.4. The fraction of sp³-hybridized carbons (Fsp3) is 0.231. The number of rotatable bonds is 6. The largest absolute Gasteiger partial charge is 0.352 e. The van der Waals surface area contributed by atoms with Crippen molar-refractivity contribution in [3.8, 4) is 0 Å². The number of benzene rings is 1. The van der Waals surface area contributed by atoms with Gasteiger partial charge in [-0.15, -0.1) is 11.8 Å². The summed E-state index contributed by atoms with van der Waals surface area (Å²) in [7, 11) is 0. The second kappa shape index (κ2) is 7.21. The zero-order chi connectivity index (χ0) is 13.5. The van der Waals surface area contributed by atoms with Crippen molar-refractivity contribution in [1.29, 1.82) is 0 Å². The highest BCUT2D eigenvalue weighted by molar-refractivity contribution is 7.99. The summed E-state index contributed by atoms with van der Waals surface area (Å²) in [5, 5.41) is 10.1. The monoisotopic (exact) mass is 295 g/mol. The van der Waals surface area contributed by atoms with Crippen LogP contribution in [0.3, 0.4) is 0 Å². The summed E-state index contributed by atoms with van der Waals surface area (Å²) in [5.41, 5.74) is 0.971. The number of hydrogen-bond donors (Lipinski definition) is 2. The quantitative estimate of drug-likeness (QED) is 0.806. The zero-order valence-electron chi connectivity index (χ0n) is 10.2. The van der Waals surface area contributed by atoms with Crippen LogP contribution < -0.4 is 5.32 Å². The highest BCUT2D eigenvalue weighted by Crippen LogP contribution is 2.20. The van der Waals surface area contributed by atoms with E-state index >= 15 is 0 Å². The topological polar surface area (TPSA) is 57.8 Å². The van der Waals surface area contributed by atoms with Gasteiger partial charge in [-0.3, -0.25) is 9.89 Å². The third kappa shape index (κ3) is 4.96. The van der Waals surface area contributed by atoms with Crippen molar-refractivity contribution in [2.45, 2.75) is 17.9 Å². The van der Waals surface area contributed by atoms with Gasteiger partial charge >= 0.3 is 0 Å². The number of thioether (sulfide) groups is 1. The maximum atomic E-state index is 11.6. The molecule has 0 unspecified atom stereocenters. The van der Waals surface area contributed by atoms with Crippen molar-refractivity contribution < 1.29 is 4.79 Å². The first kappa shape index (κ1) is 14.0. The molecule has 0 radical (unpaired) electrons. The zero-order valence-corrected chi connectivity index (χ0v) is 11.8. The molecule has 0 saturated heterocycles. The summed E-state index contributed by atoms with van der Waals surface area (Å²) >= 11 is 7.45. The molecule has 0 aliphatic heterocycles. The van der Waals surface area contributed by atoms with Crippen LogP contribution in [0.1, 0.15) is 12.0 Å². The average Bonchev–Trinajstić information content (AvgIpc) is 2.92. The Hall–Kier alpha value is -1.46. The van der Waals surface area contributed by atoms with E-state index < -0.39 is 0 Å². The van der Waals surface area contributed by atoms with Crippen LogP contribution in [0.2, 0.25) is 5.02 Å². The predicted octanol–water partition coefficient (Wildman–Crippen LogP) is 2.86. The minimum absolute atomic E-state index is 0.0441. The van der Waals surface area contributed by atoms with Crippen LogP contribution in [0.5, 0.6) is 0 Å². The van der Waals surface area contributed by atoms with E-state index in [0.717, 1.165) is 21.2 Å². The molecule has 100 valence electrons. The number of nitrogens with zero attached hydrogens (tertiary/aromatic N) is 1. The number of halogens is 1. The van der Waals surface area contributed by atoms with Gasteiger partial charge in [0.25, 0.3) is 0 Å². The molecule has 0 aliphatic carbocycles. The van der Waals surface area contributed by atoms with E-state index in [1.54, 1.807) is 24.2 Å². The van der Waals surface area contributed by atoms with Crippen LogP contribution in [-0.4, -0.2) is 21.9 Å². The van der Waals surface area contributed by atoms with Crippen LogP contribution in [-0.2, 0) is 11.3 Å².